The highest BCUT2D eigenvalue weighted by Crippen LogP contribution is 2.35. The summed E-state index contributed by atoms with van der Waals surface area (Å²) in [7, 11) is 0. The summed E-state index contributed by atoms with van der Waals surface area (Å²) in [5.41, 5.74) is 6.08. The number of likely N-dealkylation sites (tertiary alicyclic amines) is 1. The fraction of sp³-hybridized carbons (Fsp3) is 0.548. The molecule has 0 bridgehead atoms. The van der Waals surface area contributed by atoms with E-state index in [-0.39, 0.29) is 100 Å². The number of ether oxygens (including phenoxy) is 3. The number of anilines is 1. The number of nitrogens with two attached hydrogens (primary N) is 1. The highest BCUT2D eigenvalue weighted by Gasteiger charge is 2.44. The normalized spacial score (nSPS) is 15.4. The van der Waals surface area contributed by atoms with Gasteiger partial charge in [0.1, 0.15) is 25.3 Å². The minimum Gasteiger partial charge on any atom is -0.460 e. The molecule has 1 saturated heterocycles. The number of carbonyl (C=O) groups excluding carboxylic acids is 7. The molecule has 0 saturated carbocycles. The average molecular weight is 809 g/mol. The standard InChI is InChI=1S/C42H60N6O10/c1-27(2)42(6,7)38(53)58-26-29-15-17-30(18-16-29)45-35(50)32(14-11-19-44-39(43)54)46-36(51)33(24-28-12-9-8-10-13-28)47-40(55)57-23-22-56-21-20-48-34(49)25-31(37(48)52)41(3,4)5/h8-10,12-13,15-18,27,31-33H,11,14,19-26H2,1-7H3,(H,45,50)(H,46,51)(H,47,55)(H3,43,44,54)/t31?,32-,33+/m0/s1. The van der Waals surface area contributed by atoms with E-state index < -0.39 is 41.4 Å². The molecule has 318 valence electrons. The first-order valence-electron chi connectivity index (χ1n) is 19.6. The van der Waals surface area contributed by atoms with Crippen LogP contribution in [0.25, 0.3) is 0 Å². The number of primary amides is 1. The van der Waals surface area contributed by atoms with Gasteiger partial charge in [0.25, 0.3) is 0 Å². The van der Waals surface area contributed by atoms with Crippen molar-refractivity contribution >= 4 is 47.4 Å². The molecule has 1 aliphatic rings. The van der Waals surface area contributed by atoms with Crippen molar-refractivity contribution in [3.63, 3.8) is 0 Å². The molecular formula is C42H60N6O10. The maximum atomic E-state index is 13.8. The van der Waals surface area contributed by atoms with Gasteiger partial charge in [-0.2, -0.15) is 0 Å². The maximum Gasteiger partial charge on any atom is 0.407 e. The Balaban J connectivity index is 1.60. The predicted molar refractivity (Wildman–Crippen MR) is 216 cm³/mol. The summed E-state index contributed by atoms with van der Waals surface area (Å²) in [6, 6.07) is 12.7. The Labute approximate surface area is 340 Å². The molecule has 7 amide bonds. The first-order chi connectivity index (χ1) is 27.3. The van der Waals surface area contributed by atoms with Gasteiger partial charge in [-0.1, -0.05) is 77.1 Å². The van der Waals surface area contributed by atoms with Crippen molar-refractivity contribution in [1.29, 1.82) is 0 Å². The fourth-order valence-electron chi connectivity index (χ4n) is 5.83. The average Bonchev–Trinajstić information content (AvgIpc) is 3.46. The molecule has 3 rings (SSSR count). The molecule has 1 unspecified atom stereocenters. The largest absolute Gasteiger partial charge is 0.460 e. The number of nitrogens with zero attached hydrogens (tertiary/aromatic N) is 1. The predicted octanol–water partition coefficient (Wildman–Crippen LogP) is 4.06. The molecule has 16 heteroatoms. The van der Waals surface area contributed by atoms with Crippen LogP contribution in [0.2, 0.25) is 0 Å². The van der Waals surface area contributed by atoms with E-state index in [4.69, 9.17) is 19.9 Å². The summed E-state index contributed by atoms with van der Waals surface area (Å²) in [6.07, 6.45) is -0.266. The van der Waals surface area contributed by atoms with E-state index in [1.807, 2.05) is 54.5 Å². The number of nitrogens with one attached hydrogen (secondary N) is 4. The minimum absolute atomic E-state index is 0.0219. The van der Waals surface area contributed by atoms with Crippen molar-refractivity contribution in [3.05, 3.63) is 65.7 Å². The van der Waals surface area contributed by atoms with Crippen LogP contribution >= 0.6 is 0 Å². The van der Waals surface area contributed by atoms with Crippen LogP contribution in [0.3, 0.4) is 0 Å². The highest BCUT2D eigenvalue weighted by atomic mass is 16.6. The van der Waals surface area contributed by atoms with Gasteiger partial charge in [0.2, 0.25) is 23.6 Å². The fourth-order valence-corrected chi connectivity index (χ4v) is 5.83. The quantitative estimate of drug-likeness (QED) is 0.0691. The molecule has 1 heterocycles. The van der Waals surface area contributed by atoms with Crippen LogP contribution in [-0.4, -0.2) is 91.6 Å². The van der Waals surface area contributed by atoms with E-state index in [2.05, 4.69) is 21.3 Å². The van der Waals surface area contributed by atoms with Crippen molar-refractivity contribution in [2.75, 3.05) is 38.2 Å². The molecule has 0 aliphatic carbocycles. The number of carbonyl (C=O) groups is 7. The van der Waals surface area contributed by atoms with E-state index in [1.165, 1.54) is 4.90 Å². The molecule has 0 spiro atoms. The number of hydrogen-bond donors (Lipinski definition) is 5. The monoisotopic (exact) mass is 808 g/mol. The summed E-state index contributed by atoms with van der Waals surface area (Å²) in [4.78, 5) is 90.4. The lowest BCUT2D eigenvalue weighted by atomic mass is 9.80. The van der Waals surface area contributed by atoms with E-state index in [0.29, 0.717) is 11.3 Å². The molecule has 6 N–H and O–H groups in total. The van der Waals surface area contributed by atoms with Crippen LogP contribution in [0.4, 0.5) is 15.3 Å². The van der Waals surface area contributed by atoms with Crippen molar-refractivity contribution < 1.29 is 47.8 Å². The first kappa shape index (κ1) is 46.9. The van der Waals surface area contributed by atoms with E-state index in [9.17, 15) is 33.6 Å². The third-order valence-corrected chi connectivity index (χ3v) is 10.3. The zero-order chi connectivity index (χ0) is 43.0. The molecular weight excluding hydrogens is 748 g/mol. The molecule has 2 aromatic rings. The summed E-state index contributed by atoms with van der Waals surface area (Å²) in [5.74, 6) is -2.29. The van der Waals surface area contributed by atoms with Crippen LogP contribution in [0, 0.1) is 22.7 Å². The van der Waals surface area contributed by atoms with E-state index in [0.717, 1.165) is 5.56 Å². The van der Waals surface area contributed by atoms with Gasteiger partial charge >= 0.3 is 18.1 Å². The lowest BCUT2D eigenvalue weighted by Crippen LogP contribution is -2.53. The second kappa shape index (κ2) is 21.9. The van der Waals surface area contributed by atoms with Crippen LogP contribution < -0.4 is 27.0 Å². The number of amides is 7. The highest BCUT2D eigenvalue weighted by molar-refractivity contribution is 6.04. The lowest BCUT2D eigenvalue weighted by Gasteiger charge is -2.26. The Morgan fingerprint density at radius 2 is 1.50 bits per heavy atom. The molecule has 2 aromatic carbocycles. The number of esters is 1. The zero-order valence-corrected chi connectivity index (χ0v) is 34.7. The van der Waals surface area contributed by atoms with Gasteiger partial charge in [0.05, 0.1) is 31.1 Å². The summed E-state index contributed by atoms with van der Waals surface area (Å²) >= 11 is 0. The summed E-state index contributed by atoms with van der Waals surface area (Å²) in [6.45, 7) is 13.5. The van der Waals surface area contributed by atoms with Crippen molar-refractivity contribution in [2.45, 2.75) is 92.8 Å². The van der Waals surface area contributed by atoms with Gasteiger partial charge in [-0.3, -0.25) is 28.9 Å². The molecule has 3 atom stereocenters. The van der Waals surface area contributed by atoms with Gasteiger partial charge in [-0.25, -0.2) is 9.59 Å². The second-order valence-corrected chi connectivity index (χ2v) is 16.3. The second-order valence-electron chi connectivity index (χ2n) is 16.3. The topological polar surface area (TPSA) is 225 Å². The summed E-state index contributed by atoms with van der Waals surface area (Å²) in [5, 5.41) is 10.6. The first-order valence-corrected chi connectivity index (χ1v) is 19.6. The van der Waals surface area contributed by atoms with Gasteiger partial charge in [0.15, 0.2) is 0 Å². The number of urea groups is 1. The van der Waals surface area contributed by atoms with E-state index >= 15 is 0 Å². The minimum atomic E-state index is -1.15. The lowest BCUT2D eigenvalue weighted by molar-refractivity contribution is -0.158. The SMILES string of the molecule is CC(C)C(C)(C)C(=O)OCc1ccc(NC(=O)[C@H](CCCNC(N)=O)NC(=O)[C@@H](Cc2ccccc2)NC(=O)OCCOCCN2C(=O)CC(C(C)(C)C)C2=O)cc1. The number of alkyl carbamates (subject to hydrolysis) is 1. The van der Waals surface area contributed by atoms with Gasteiger partial charge in [-0.05, 0) is 61.3 Å². The van der Waals surface area contributed by atoms with Crippen molar-refractivity contribution in [2.24, 2.45) is 28.4 Å². The van der Waals surface area contributed by atoms with Crippen molar-refractivity contribution in [1.82, 2.24) is 20.9 Å². The van der Waals surface area contributed by atoms with Crippen LogP contribution in [0.15, 0.2) is 54.6 Å². The molecule has 58 heavy (non-hydrogen) atoms. The van der Waals surface area contributed by atoms with E-state index in [1.54, 1.807) is 48.5 Å². The summed E-state index contributed by atoms with van der Waals surface area (Å²) < 4.78 is 16.3. The van der Waals surface area contributed by atoms with Crippen LogP contribution in [0.5, 0.6) is 0 Å². The maximum absolute atomic E-state index is 13.8. The third-order valence-electron chi connectivity index (χ3n) is 10.3. The Morgan fingerprint density at radius 1 is 0.828 bits per heavy atom. The number of hydrogen-bond acceptors (Lipinski definition) is 10. The third kappa shape index (κ3) is 14.8. The molecule has 1 fully saturated rings. The zero-order valence-electron chi connectivity index (χ0n) is 34.7. The van der Waals surface area contributed by atoms with Gasteiger partial charge in [0, 0.05) is 25.1 Å². The molecule has 1 aliphatic heterocycles. The molecule has 16 nitrogen and oxygen atoms in total. The Kier molecular flexibility index (Phi) is 17.7. The Morgan fingerprint density at radius 3 is 2.10 bits per heavy atom. The van der Waals surface area contributed by atoms with Gasteiger partial charge in [-0.15, -0.1) is 0 Å². The number of imide groups is 1. The van der Waals surface area contributed by atoms with Crippen LogP contribution in [0.1, 0.15) is 78.9 Å². The van der Waals surface area contributed by atoms with Crippen molar-refractivity contribution in [3.8, 4) is 0 Å². The molecule has 0 radical (unpaired) electrons. The van der Waals surface area contributed by atoms with Crippen LogP contribution in [-0.2, 0) is 51.2 Å². The smallest absolute Gasteiger partial charge is 0.407 e. The Hall–Kier alpha value is -5.51. The van der Waals surface area contributed by atoms with Gasteiger partial charge < -0.3 is 41.2 Å². The molecule has 0 aromatic heterocycles. The number of benzene rings is 2. The Bertz CT molecular complexity index is 1730. The number of rotatable bonds is 21.